The van der Waals surface area contributed by atoms with Gasteiger partial charge in [0, 0.05) is 56.3 Å². The summed E-state index contributed by atoms with van der Waals surface area (Å²) in [5.41, 5.74) is 3.33. The van der Waals surface area contributed by atoms with Crippen LogP contribution >= 0.6 is 7.60 Å². The highest BCUT2D eigenvalue weighted by Gasteiger charge is 2.30. The van der Waals surface area contributed by atoms with E-state index in [1.807, 2.05) is 45.0 Å². The molecule has 1 aromatic carbocycles. The maximum Gasteiger partial charge on any atom is 0.330 e. The Morgan fingerprint density at radius 1 is 0.612 bits per heavy atom. The fraction of sp³-hybridized carbons (Fsp3) is 0.278. The Morgan fingerprint density at radius 2 is 1.04 bits per heavy atom. The van der Waals surface area contributed by atoms with E-state index in [1.165, 1.54) is 0 Å². The minimum atomic E-state index is -3.41. The topological polar surface area (TPSA) is 111 Å². The zero-order valence-electron chi connectivity index (χ0n) is 27.8. The van der Waals surface area contributed by atoms with Crippen LogP contribution in [0, 0.1) is 23.3 Å². The lowest BCUT2D eigenvalue weighted by molar-refractivity contribution is 0.220. The lowest BCUT2D eigenvalue weighted by Gasteiger charge is -2.18. The summed E-state index contributed by atoms with van der Waals surface area (Å²) in [6, 6.07) is 14.6. The molecule has 0 fully saturated rings. The van der Waals surface area contributed by atoms with Crippen LogP contribution in [-0.4, -0.2) is 45.9 Å². The molecule has 0 aliphatic carbocycles. The molecule has 0 saturated heterocycles. The Labute approximate surface area is 280 Å². The van der Waals surface area contributed by atoms with E-state index in [-0.39, 0.29) is 49.0 Å². The van der Waals surface area contributed by atoms with Gasteiger partial charge in [0.15, 0.2) is 23.3 Å². The molecule has 1 aliphatic heterocycles. The van der Waals surface area contributed by atoms with Crippen molar-refractivity contribution in [2.75, 3.05) is 31.2 Å². The van der Waals surface area contributed by atoms with E-state index in [1.54, 1.807) is 38.1 Å². The molecule has 0 radical (unpaired) electrons. The van der Waals surface area contributed by atoms with Gasteiger partial charge in [-0.25, -0.2) is 17.6 Å². The summed E-state index contributed by atoms with van der Waals surface area (Å²) in [5.74, 6) is -6.30. The predicted octanol–water partition coefficient (Wildman–Crippen LogP) is 5.84. The lowest BCUT2D eigenvalue weighted by Crippen LogP contribution is -2.20. The highest BCUT2D eigenvalue weighted by molar-refractivity contribution is 7.53. The number of hydrogen-bond donors (Lipinski definition) is 5. The minimum Gasteiger partial charge on any atom is -0.380 e. The quantitative estimate of drug-likeness (QED) is 0.0548. The highest BCUT2D eigenvalue weighted by atomic mass is 31.2. The molecule has 6 rings (SSSR count). The molecular formula is C36H38F4N5O3P. The third-order valence-electron chi connectivity index (χ3n) is 8.78. The van der Waals surface area contributed by atoms with Gasteiger partial charge in [0.05, 0.1) is 24.9 Å². The molecule has 0 unspecified atom stereocenters. The second-order valence-corrected chi connectivity index (χ2v) is 14.0. The first-order valence-corrected chi connectivity index (χ1v) is 17.8. The van der Waals surface area contributed by atoms with Gasteiger partial charge in [-0.3, -0.25) is 4.57 Å². The molecule has 8 nitrogen and oxygen atoms in total. The van der Waals surface area contributed by atoms with Crippen molar-refractivity contribution in [3.63, 3.8) is 0 Å². The zero-order valence-corrected chi connectivity index (χ0v) is 28.7. The number of benzene rings is 1. The molecule has 258 valence electrons. The van der Waals surface area contributed by atoms with Crippen LogP contribution in [0.5, 0.6) is 0 Å². The maximum absolute atomic E-state index is 16.1. The van der Waals surface area contributed by atoms with Crippen LogP contribution in [0.2, 0.25) is 0 Å². The van der Waals surface area contributed by atoms with E-state index in [0.717, 1.165) is 38.8 Å². The molecule has 13 heteroatoms. The average molecular weight is 696 g/mol. The minimum absolute atomic E-state index is 0.0471. The first kappa shape index (κ1) is 34.4. The normalized spacial score (nSPS) is 13.5. The van der Waals surface area contributed by atoms with E-state index >= 15 is 17.6 Å². The van der Waals surface area contributed by atoms with E-state index in [9.17, 15) is 4.57 Å². The van der Waals surface area contributed by atoms with Crippen LogP contribution in [0.25, 0.3) is 22.3 Å². The molecule has 0 saturated carbocycles. The van der Waals surface area contributed by atoms with Crippen molar-refractivity contribution in [1.82, 2.24) is 19.9 Å². The van der Waals surface area contributed by atoms with Gasteiger partial charge in [-0.1, -0.05) is 0 Å². The largest absolute Gasteiger partial charge is 0.380 e. The molecule has 0 spiro atoms. The monoisotopic (exact) mass is 695 g/mol. The second kappa shape index (κ2) is 13.8. The molecule has 0 amide bonds. The summed E-state index contributed by atoms with van der Waals surface area (Å²) in [5, 5.41) is 5.05. The number of fused-ring (bicyclic) bond motifs is 8. The van der Waals surface area contributed by atoms with Crippen LogP contribution < -0.4 is 26.7 Å². The summed E-state index contributed by atoms with van der Waals surface area (Å²) >= 11 is 0. The Morgan fingerprint density at radius 3 is 1.53 bits per heavy atom. The zero-order chi connectivity index (χ0) is 35.0. The Balaban J connectivity index is 1.50. The Bertz CT molecular complexity index is 2310. The average Bonchev–Trinajstić information content (AvgIpc) is 3.91. The number of rotatable bonds is 10. The highest BCUT2D eigenvalue weighted by Crippen LogP contribution is 2.48. The number of aromatic nitrogens is 4. The molecular weight excluding hydrogens is 657 g/mol. The first-order valence-electron chi connectivity index (χ1n) is 16.1. The van der Waals surface area contributed by atoms with Crippen molar-refractivity contribution < 1.29 is 31.2 Å². The van der Waals surface area contributed by atoms with E-state index in [2.05, 4.69) is 25.3 Å². The third-order valence-corrected chi connectivity index (χ3v) is 10.9. The fourth-order valence-electron chi connectivity index (χ4n) is 6.09. The molecule has 5 heterocycles. The van der Waals surface area contributed by atoms with E-state index in [4.69, 9.17) is 9.05 Å². The summed E-state index contributed by atoms with van der Waals surface area (Å²) in [7, 11) is -3.41. The third kappa shape index (κ3) is 6.48. The van der Waals surface area contributed by atoms with Gasteiger partial charge < -0.3 is 34.3 Å². The number of H-pyrrole nitrogens is 4. The van der Waals surface area contributed by atoms with Crippen molar-refractivity contribution in [3.05, 3.63) is 122 Å². The van der Waals surface area contributed by atoms with E-state index < -0.39 is 42.1 Å². The van der Waals surface area contributed by atoms with Crippen LogP contribution in [0.1, 0.15) is 69.4 Å². The molecule has 4 aromatic heterocycles. The summed E-state index contributed by atoms with van der Waals surface area (Å²) in [6.07, 6.45) is 0.0530. The van der Waals surface area contributed by atoms with Gasteiger partial charge in [-0.2, -0.15) is 0 Å². The number of hydrogen-bond acceptors (Lipinski definition) is 4. The van der Waals surface area contributed by atoms with Crippen LogP contribution in [0.3, 0.4) is 0 Å². The van der Waals surface area contributed by atoms with Gasteiger partial charge in [0.1, 0.15) is 5.69 Å². The number of aromatic amines is 4. The van der Waals surface area contributed by atoms with Crippen LogP contribution in [0.4, 0.5) is 23.2 Å². The molecule has 1 aliphatic rings. The smallest absolute Gasteiger partial charge is 0.330 e. The summed E-state index contributed by atoms with van der Waals surface area (Å²) in [4.78, 5) is 13.3. The van der Waals surface area contributed by atoms with Crippen molar-refractivity contribution in [2.24, 2.45) is 0 Å². The number of nitrogens with one attached hydrogen (secondary N) is 5. The van der Waals surface area contributed by atoms with Crippen LogP contribution in [0.15, 0.2) is 48.5 Å². The fourth-order valence-corrected chi connectivity index (χ4v) is 7.75. The van der Waals surface area contributed by atoms with Gasteiger partial charge in [-0.05, 0) is 106 Å². The number of halogens is 4. The Hall–Kier alpha value is -4.51. The van der Waals surface area contributed by atoms with Crippen molar-refractivity contribution >= 4 is 35.6 Å². The van der Waals surface area contributed by atoms with Crippen LogP contribution in [-0.2, 0) is 13.6 Å². The van der Waals surface area contributed by atoms with Gasteiger partial charge in [0.25, 0.3) is 0 Å². The van der Waals surface area contributed by atoms with Crippen molar-refractivity contribution in [1.29, 1.82) is 0 Å². The van der Waals surface area contributed by atoms with Gasteiger partial charge in [-0.15, -0.1) is 0 Å². The summed E-state index contributed by atoms with van der Waals surface area (Å²) < 4.78 is 86.9. The SMILES string of the molecule is CCOP(=O)(CCCNc1c(F)c(F)c(C2=c3ccc([nH]3)=C(C)c3ccc([nH]3)C(C)=c3ccc([nH]3)=C(C)c3ccc2[nH]3)c(F)c1F)OCC. The standard InChI is InChI=1S/C36H38F4N5O3P/c1-6-47-49(46,48-7-2)18-8-17-41-36-34(39)32(37)31(33(38)35(36)40)30-28-15-13-26(44-28)20(4)24-11-9-22(42-24)19(3)23-10-12-25(43-23)21(5)27-14-16-29(30)45-27/h9-16,41-45H,6-8,17-18H2,1-5H3. The number of anilines is 1. The first-order chi connectivity index (χ1) is 23.5. The van der Waals surface area contributed by atoms with E-state index in [0.29, 0.717) is 11.0 Å². The van der Waals surface area contributed by atoms with Crippen molar-refractivity contribution in [3.8, 4) is 0 Å². The predicted molar refractivity (Wildman–Crippen MR) is 183 cm³/mol. The van der Waals surface area contributed by atoms with Gasteiger partial charge in [0.2, 0.25) is 0 Å². The molecule has 0 atom stereocenters. The summed E-state index contributed by atoms with van der Waals surface area (Å²) in [6.45, 7) is 9.31. The second-order valence-electron chi connectivity index (χ2n) is 11.8. The van der Waals surface area contributed by atoms with Crippen molar-refractivity contribution in [2.45, 2.75) is 41.0 Å². The molecule has 8 bridgehead atoms. The molecule has 5 aromatic rings. The lowest BCUT2D eigenvalue weighted by atomic mass is 9.99. The maximum atomic E-state index is 16.1. The molecule has 5 N–H and O–H groups in total. The van der Waals surface area contributed by atoms with Gasteiger partial charge >= 0.3 is 7.60 Å². The molecule has 49 heavy (non-hydrogen) atoms. The Kier molecular flexibility index (Phi) is 9.66.